The van der Waals surface area contributed by atoms with Crippen LogP contribution in [0.4, 0.5) is 0 Å². The Bertz CT molecular complexity index is 1290. The maximum absolute atomic E-state index is 11.3. The first-order valence-corrected chi connectivity index (χ1v) is 12.2. The fourth-order valence-corrected chi connectivity index (χ4v) is 6.18. The maximum Gasteiger partial charge on any atom is 0.118 e. The molecule has 1 aliphatic heterocycles. The summed E-state index contributed by atoms with van der Waals surface area (Å²) >= 11 is 0. The average molecular weight is 464 g/mol. The normalized spacial score (nSPS) is 22.5. The Balaban J connectivity index is 1.57. The zero-order valence-electron chi connectivity index (χ0n) is 19.7. The average Bonchev–Trinajstić information content (AvgIpc) is 3.37. The molecule has 2 aliphatic rings. The summed E-state index contributed by atoms with van der Waals surface area (Å²) in [6.07, 6.45) is -1.09. The molecule has 1 aliphatic carbocycles. The van der Waals surface area contributed by atoms with Crippen molar-refractivity contribution < 1.29 is 14.9 Å². The summed E-state index contributed by atoms with van der Waals surface area (Å²) in [6.45, 7) is 0.375. The van der Waals surface area contributed by atoms with Crippen molar-refractivity contribution in [2.24, 2.45) is 0 Å². The van der Waals surface area contributed by atoms with Gasteiger partial charge in [-0.25, -0.2) is 0 Å². The first-order valence-electron chi connectivity index (χ1n) is 12.2. The minimum absolute atomic E-state index is 0.280. The second-order valence-corrected chi connectivity index (χ2v) is 9.50. The Kier molecular flexibility index (Phi) is 5.45. The van der Waals surface area contributed by atoms with E-state index in [-0.39, 0.29) is 6.04 Å². The number of β-amino-alcohol motifs (C(OH)–C–C–N with tert-alkyl or cyclic N) is 1. The summed E-state index contributed by atoms with van der Waals surface area (Å²) in [6, 6.07) is 35.3. The zero-order valence-corrected chi connectivity index (χ0v) is 19.7. The molecule has 4 aromatic carbocycles. The number of aliphatic hydroxyl groups is 2. The smallest absolute Gasteiger partial charge is 0.118 e. The van der Waals surface area contributed by atoms with Gasteiger partial charge in [0.1, 0.15) is 5.75 Å². The quantitative estimate of drug-likeness (QED) is 0.454. The number of methoxy groups -OCH3 is 1. The molecule has 3 atom stereocenters. The van der Waals surface area contributed by atoms with Gasteiger partial charge in [-0.1, -0.05) is 91.0 Å². The molecular weight excluding hydrogens is 434 g/mol. The number of hydrogen-bond acceptors (Lipinski definition) is 4. The van der Waals surface area contributed by atoms with Crippen LogP contribution in [0.1, 0.15) is 22.3 Å². The van der Waals surface area contributed by atoms with E-state index >= 15 is 0 Å². The van der Waals surface area contributed by atoms with Crippen molar-refractivity contribution in [1.82, 2.24) is 4.90 Å². The first-order chi connectivity index (χ1) is 17.1. The highest BCUT2D eigenvalue weighted by Gasteiger charge is 2.55. The lowest BCUT2D eigenvalue weighted by molar-refractivity contribution is 0.0334. The monoisotopic (exact) mass is 463 g/mol. The van der Waals surface area contributed by atoms with Gasteiger partial charge in [0, 0.05) is 12.6 Å². The third kappa shape index (κ3) is 3.33. The lowest BCUT2D eigenvalue weighted by atomic mass is 9.78. The maximum atomic E-state index is 11.3. The summed E-state index contributed by atoms with van der Waals surface area (Å²) < 4.78 is 5.33. The van der Waals surface area contributed by atoms with Gasteiger partial charge >= 0.3 is 0 Å². The minimum Gasteiger partial charge on any atom is -0.497 e. The van der Waals surface area contributed by atoms with Crippen LogP contribution in [-0.2, 0) is 12.0 Å². The molecule has 0 saturated carbocycles. The molecule has 6 rings (SSSR count). The Morgan fingerprint density at radius 2 is 1.34 bits per heavy atom. The van der Waals surface area contributed by atoms with Crippen molar-refractivity contribution in [1.29, 1.82) is 0 Å². The fraction of sp³-hybridized carbons (Fsp3) is 0.226. The Morgan fingerprint density at radius 3 is 1.94 bits per heavy atom. The minimum atomic E-state index is -0.863. The Labute approximate surface area is 206 Å². The van der Waals surface area contributed by atoms with Crippen LogP contribution in [0.25, 0.3) is 11.1 Å². The van der Waals surface area contributed by atoms with Crippen molar-refractivity contribution >= 4 is 0 Å². The van der Waals surface area contributed by atoms with Gasteiger partial charge < -0.3 is 14.9 Å². The summed E-state index contributed by atoms with van der Waals surface area (Å²) in [5, 5.41) is 22.3. The predicted molar refractivity (Wildman–Crippen MR) is 137 cm³/mol. The largest absolute Gasteiger partial charge is 0.497 e. The molecule has 4 heteroatoms. The standard InChI is InChI=1S/C31H29NO3/c1-35-23-17-15-21(16-18-23)19-28-30(34)29(33)20-32(28)31(22-9-3-2-4-10-22)26-13-7-5-11-24(26)25-12-6-8-14-27(25)31/h2-18,28-30,33-34H,19-20H2,1H3/t28-,29-,30-/m1/s1. The molecule has 0 spiro atoms. The van der Waals surface area contributed by atoms with Crippen LogP contribution < -0.4 is 4.74 Å². The number of rotatable bonds is 5. The number of ether oxygens (including phenoxy) is 1. The molecule has 1 heterocycles. The fourth-order valence-electron chi connectivity index (χ4n) is 6.18. The topological polar surface area (TPSA) is 52.9 Å². The third-order valence-electron chi connectivity index (χ3n) is 7.72. The van der Waals surface area contributed by atoms with Gasteiger partial charge in [0.25, 0.3) is 0 Å². The van der Waals surface area contributed by atoms with E-state index in [2.05, 4.69) is 77.7 Å². The second-order valence-electron chi connectivity index (χ2n) is 9.50. The lowest BCUT2D eigenvalue weighted by Gasteiger charge is -2.45. The molecule has 2 N–H and O–H groups in total. The first kappa shape index (κ1) is 22.1. The molecule has 4 aromatic rings. The highest BCUT2D eigenvalue weighted by molar-refractivity contribution is 5.83. The number of fused-ring (bicyclic) bond motifs is 3. The van der Waals surface area contributed by atoms with Gasteiger partial charge in [-0.05, 0) is 51.9 Å². The van der Waals surface area contributed by atoms with E-state index in [1.807, 2.05) is 30.3 Å². The number of nitrogens with zero attached hydrogens (tertiary/aromatic N) is 1. The van der Waals surface area contributed by atoms with Crippen LogP contribution in [0.15, 0.2) is 103 Å². The zero-order chi connectivity index (χ0) is 24.0. The van der Waals surface area contributed by atoms with Crippen LogP contribution in [0.2, 0.25) is 0 Å². The molecule has 4 nitrogen and oxygen atoms in total. The molecule has 0 unspecified atom stereocenters. The highest BCUT2D eigenvalue weighted by atomic mass is 16.5. The Hall–Kier alpha value is -3.44. The predicted octanol–water partition coefficient (Wildman–Crippen LogP) is 4.62. The van der Waals surface area contributed by atoms with E-state index in [0.717, 1.165) is 16.9 Å². The number of likely N-dealkylation sites (tertiary alicyclic amines) is 1. The molecular formula is C31H29NO3. The number of benzene rings is 4. The van der Waals surface area contributed by atoms with Crippen LogP contribution >= 0.6 is 0 Å². The van der Waals surface area contributed by atoms with Crippen molar-refractivity contribution in [3.63, 3.8) is 0 Å². The second kappa shape index (κ2) is 8.65. The van der Waals surface area contributed by atoms with Gasteiger partial charge in [-0.3, -0.25) is 4.90 Å². The van der Waals surface area contributed by atoms with Crippen molar-refractivity contribution in [3.8, 4) is 16.9 Å². The third-order valence-corrected chi connectivity index (χ3v) is 7.72. The number of aliphatic hydroxyl groups excluding tert-OH is 2. The Morgan fingerprint density at radius 1 is 0.771 bits per heavy atom. The summed E-state index contributed by atoms with van der Waals surface area (Å²) in [4.78, 5) is 2.34. The van der Waals surface area contributed by atoms with Gasteiger partial charge in [0.15, 0.2) is 0 Å². The van der Waals surface area contributed by atoms with Gasteiger partial charge in [-0.2, -0.15) is 0 Å². The summed E-state index contributed by atoms with van der Waals surface area (Å²) in [7, 11) is 1.66. The molecule has 1 saturated heterocycles. The van der Waals surface area contributed by atoms with Crippen molar-refractivity contribution in [3.05, 3.63) is 125 Å². The van der Waals surface area contributed by atoms with Gasteiger partial charge in [0.05, 0.1) is 24.9 Å². The van der Waals surface area contributed by atoms with Crippen LogP contribution in [0, 0.1) is 0 Å². The highest BCUT2D eigenvalue weighted by Crippen LogP contribution is 2.56. The summed E-state index contributed by atoms with van der Waals surface area (Å²) in [5.41, 5.74) is 6.39. The molecule has 0 amide bonds. The number of hydrogen-bond donors (Lipinski definition) is 2. The van der Waals surface area contributed by atoms with E-state index in [9.17, 15) is 10.2 Å². The van der Waals surface area contributed by atoms with Crippen molar-refractivity contribution in [2.75, 3.05) is 13.7 Å². The van der Waals surface area contributed by atoms with E-state index in [1.165, 1.54) is 22.3 Å². The van der Waals surface area contributed by atoms with Crippen LogP contribution in [0.5, 0.6) is 5.75 Å². The summed E-state index contributed by atoms with van der Waals surface area (Å²) in [5.74, 6) is 0.803. The molecule has 0 bridgehead atoms. The molecule has 0 aromatic heterocycles. The molecule has 1 fully saturated rings. The van der Waals surface area contributed by atoms with E-state index in [1.54, 1.807) is 7.11 Å². The van der Waals surface area contributed by atoms with E-state index in [4.69, 9.17) is 4.74 Å². The molecule has 35 heavy (non-hydrogen) atoms. The lowest BCUT2D eigenvalue weighted by Crippen LogP contribution is -2.51. The van der Waals surface area contributed by atoms with E-state index in [0.29, 0.717) is 13.0 Å². The van der Waals surface area contributed by atoms with Crippen molar-refractivity contribution in [2.45, 2.75) is 30.2 Å². The van der Waals surface area contributed by atoms with Crippen LogP contribution in [0.3, 0.4) is 0 Å². The van der Waals surface area contributed by atoms with Gasteiger partial charge in [-0.15, -0.1) is 0 Å². The van der Waals surface area contributed by atoms with Crippen LogP contribution in [-0.4, -0.2) is 47.0 Å². The molecule has 0 radical (unpaired) electrons. The SMILES string of the molecule is COc1ccc(C[C@@H]2[C@@H](O)[C@H](O)CN2C2(c3ccccc3)c3ccccc3-c3ccccc32)cc1. The molecule has 176 valence electrons. The van der Waals surface area contributed by atoms with E-state index < -0.39 is 17.7 Å². The van der Waals surface area contributed by atoms with Gasteiger partial charge in [0.2, 0.25) is 0 Å².